The summed E-state index contributed by atoms with van der Waals surface area (Å²) in [5.74, 6) is -0.354. The van der Waals surface area contributed by atoms with Crippen LogP contribution in [0.2, 0.25) is 0 Å². The molecule has 0 aliphatic heterocycles. The van der Waals surface area contributed by atoms with Gasteiger partial charge < -0.3 is 15.8 Å². The Morgan fingerprint density at radius 2 is 2.25 bits per heavy atom. The quantitative estimate of drug-likeness (QED) is 0.606. The minimum Gasteiger partial charge on any atom is -0.465 e. The number of rotatable bonds is 4. The van der Waals surface area contributed by atoms with Crippen LogP contribution >= 0.6 is 0 Å². The Morgan fingerprint density at radius 3 is 2.81 bits per heavy atom. The summed E-state index contributed by atoms with van der Waals surface area (Å²) in [6, 6.07) is 5.39. The molecule has 0 spiro atoms. The topological polar surface area (TPSA) is 64.3 Å². The summed E-state index contributed by atoms with van der Waals surface area (Å²) in [6.45, 7) is 4.14. The molecule has 0 saturated carbocycles. The molecule has 0 aliphatic carbocycles. The van der Waals surface area contributed by atoms with E-state index in [1.54, 1.807) is 18.2 Å². The highest BCUT2D eigenvalue weighted by Crippen LogP contribution is 2.21. The lowest BCUT2D eigenvalue weighted by Crippen LogP contribution is -2.15. The van der Waals surface area contributed by atoms with Crippen LogP contribution in [0.1, 0.15) is 30.6 Å². The number of carbonyl (C=O) groups is 1. The minimum atomic E-state index is -0.354. The van der Waals surface area contributed by atoms with E-state index in [0.717, 1.165) is 12.1 Å². The lowest BCUT2D eigenvalue weighted by atomic mass is 10.1. The second kappa shape index (κ2) is 5.39. The summed E-state index contributed by atoms with van der Waals surface area (Å²) in [4.78, 5) is 11.3. The Morgan fingerprint density at radius 1 is 1.56 bits per heavy atom. The van der Waals surface area contributed by atoms with Gasteiger partial charge in [-0.05, 0) is 31.5 Å². The predicted molar refractivity (Wildman–Crippen MR) is 65.6 cm³/mol. The van der Waals surface area contributed by atoms with Crippen molar-refractivity contribution >= 4 is 17.3 Å². The number of anilines is 2. The van der Waals surface area contributed by atoms with Crippen molar-refractivity contribution in [1.82, 2.24) is 0 Å². The zero-order valence-electron chi connectivity index (χ0n) is 9.91. The standard InChI is InChI=1S/C12H18N2O2/c1-4-8(2)14-11-7-9(12(15)16-3)5-6-10(11)13/h5-8,14H,4,13H2,1-3H3. The summed E-state index contributed by atoms with van der Waals surface area (Å²) < 4.78 is 4.65. The molecule has 16 heavy (non-hydrogen) atoms. The van der Waals surface area contributed by atoms with E-state index >= 15 is 0 Å². The third-order valence-corrected chi connectivity index (χ3v) is 2.49. The van der Waals surface area contributed by atoms with Gasteiger partial charge >= 0.3 is 5.97 Å². The van der Waals surface area contributed by atoms with Gasteiger partial charge in [-0.1, -0.05) is 6.92 Å². The van der Waals surface area contributed by atoms with Crippen molar-refractivity contribution in [2.24, 2.45) is 0 Å². The first-order valence-corrected chi connectivity index (χ1v) is 5.32. The molecule has 4 heteroatoms. The van der Waals surface area contributed by atoms with Crippen LogP contribution in [0.25, 0.3) is 0 Å². The predicted octanol–water partition coefficient (Wildman–Crippen LogP) is 2.27. The molecule has 1 rings (SSSR count). The Kier molecular flexibility index (Phi) is 4.17. The second-order valence-electron chi connectivity index (χ2n) is 3.75. The zero-order chi connectivity index (χ0) is 12.1. The molecule has 0 radical (unpaired) electrons. The number of ether oxygens (including phenoxy) is 1. The van der Waals surface area contributed by atoms with Crippen molar-refractivity contribution in [1.29, 1.82) is 0 Å². The monoisotopic (exact) mass is 222 g/mol. The van der Waals surface area contributed by atoms with Crippen LogP contribution in [-0.4, -0.2) is 19.1 Å². The molecule has 0 amide bonds. The van der Waals surface area contributed by atoms with E-state index in [2.05, 4.69) is 23.9 Å². The van der Waals surface area contributed by atoms with Gasteiger partial charge in [0.05, 0.1) is 24.0 Å². The number of hydrogen-bond donors (Lipinski definition) is 2. The van der Waals surface area contributed by atoms with Crippen LogP contribution < -0.4 is 11.1 Å². The maximum atomic E-state index is 11.3. The largest absolute Gasteiger partial charge is 0.465 e. The number of nitrogens with two attached hydrogens (primary N) is 1. The Hall–Kier alpha value is -1.71. The normalized spacial score (nSPS) is 11.9. The average Bonchev–Trinajstić information content (AvgIpc) is 2.30. The van der Waals surface area contributed by atoms with Gasteiger partial charge in [-0.25, -0.2) is 4.79 Å². The molecule has 0 aliphatic rings. The van der Waals surface area contributed by atoms with Gasteiger partial charge in [-0.15, -0.1) is 0 Å². The number of methoxy groups -OCH3 is 1. The fourth-order valence-corrected chi connectivity index (χ4v) is 1.29. The second-order valence-corrected chi connectivity index (χ2v) is 3.75. The Bertz CT molecular complexity index is 377. The van der Waals surface area contributed by atoms with E-state index in [9.17, 15) is 4.79 Å². The van der Waals surface area contributed by atoms with Crippen molar-refractivity contribution < 1.29 is 9.53 Å². The highest BCUT2D eigenvalue weighted by molar-refractivity contribution is 5.91. The number of benzene rings is 1. The van der Waals surface area contributed by atoms with Crippen molar-refractivity contribution in [2.45, 2.75) is 26.3 Å². The number of esters is 1. The van der Waals surface area contributed by atoms with Gasteiger partial charge in [0.1, 0.15) is 0 Å². The molecule has 1 atom stereocenters. The molecule has 1 unspecified atom stereocenters. The first-order chi connectivity index (χ1) is 7.58. The molecule has 4 nitrogen and oxygen atoms in total. The van der Waals surface area contributed by atoms with Gasteiger partial charge in [0.25, 0.3) is 0 Å². The van der Waals surface area contributed by atoms with Crippen LogP contribution in [-0.2, 0) is 4.74 Å². The zero-order valence-corrected chi connectivity index (χ0v) is 9.91. The maximum absolute atomic E-state index is 11.3. The summed E-state index contributed by atoms with van der Waals surface area (Å²) >= 11 is 0. The molecule has 1 aromatic carbocycles. The average molecular weight is 222 g/mol. The molecule has 3 N–H and O–H groups in total. The number of hydrogen-bond acceptors (Lipinski definition) is 4. The van der Waals surface area contributed by atoms with Crippen molar-refractivity contribution in [3.05, 3.63) is 23.8 Å². The maximum Gasteiger partial charge on any atom is 0.337 e. The number of nitrogen functional groups attached to an aromatic ring is 1. The van der Waals surface area contributed by atoms with Crippen LogP contribution in [0, 0.1) is 0 Å². The summed E-state index contributed by atoms with van der Waals surface area (Å²) in [5, 5.41) is 3.25. The van der Waals surface area contributed by atoms with E-state index in [1.165, 1.54) is 7.11 Å². The SMILES string of the molecule is CCC(C)Nc1cc(C(=O)OC)ccc1N. The van der Waals surface area contributed by atoms with E-state index in [4.69, 9.17) is 5.73 Å². The first-order valence-electron chi connectivity index (χ1n) is 5.32. The molecule has 0 fully saturated rings. The summed E-state index contributed by atoms with van der Waals surface area (Å²) in [7, 11) is 1.36. The van der Waals surface area contributed by atoms with Crippen LogP contribution in [0.15, 0.2) is 18.2 Å². The highest BCUT2D eigenvalue weighted by Gasteiger charge is 2.09. The fourth-order valence-electron chi connectivity index (χ4n) is 1.29. The van der Waals surface area contributed by atoms with Crippen LogP contribution in [0.3, 0.4) is 0 Å². The van der Waals surface area contributed by atoms with E-state index in [-0.39, 0.29) is 5.97 Å². The van der Waals surface area contributed by atoms with Crippen molar-refractivity contribution in [3.63, 3.8) is 0 Å². The Balaban J connectivity index is 2.94. The molecule has 1 aromatic rings. The third kappa shape index (κ3) is 2.89. The molecule has 0 aromatic heterocycles. The smallest absolute Gasteiger partial charge is 0.337 e. The van der Waals surface area contributed by atoms with Gasteiger partial charge in [0.15, 0.2) is 0 Å². The minimum absolute atomic E-state index is 0.315. The van der Waals surface area contributed by atoms with Gasteiger partial charge in [0, 0.05) is 6.04 Å². The van der Waals surface area contributed by atoms with Gasteiger partial charge in [0.2, 0.25) is 0 Å². The molecule has 0 bridgehead atoms. The molecule has 88 valence electrons. The van der Waals surface area contributed by atoms with Crippen LogP contribution in [0.5, 0.6) is 0 Å². The van der Waals surface area contributed by atoms with E-state index in [1.807, 2.05) is 0 Å². The van der Waals surface area contributed by atoms with Crippen molar-refractivity contribution in [3.8, 4) is 0 Å². The number of nitrogens with one attached hydrogen (secondary N) is 1. The summed E-state index contributed by atoms with van der Waals surface area (Å²) in [6.07, 6.45) is 0.988. The van der Waals surface area contributed by atoms with Gasteiger partial charge in [-0.2, -0.15) is 0 Å². The lowest BCUT2D eigenvalue weighted by molar-refractivity contribution is 0.0601. The van der Waals surface area contributed by atoms with E-state index < -0.39 is 0 Å². The highest BCUT2D eigenvalue weighted by atomic mass is 16.5. The van der Waals surface area contributed by atoms with Crippen LogP contribution in [0.4, 0.5) is 11.4 Å². The summed E-state index contributed by atoms with van der Waals surface area (Å²) in [5.41, 5.74) is 7.73. The van der Waals surface area contributed by atoms with Crippen molar-refractivity contribution in [2.75, 3.05) is 18.2 Å². The molecule has 0 saturated heterocycles. The lowest BCUT2D eigenvalue weighted by Gasteiger charge is -2.15. The number of carbonyl (C=O) groups excluding carboxylic acids is 1. The van der Waals surface area contributed by atoms with E-state index in [0.29, 0.717) is 17.3 Å². The molecular weight excluding hydrogens is 204 g/mol. The van der Waals surface area contributed by atoms with Gasteiger partial charge in [-0.3, -0.25) is 0 Å². The molecular formula is C12H18N2O2. The molecule has 0 heterocycles. The third-order valence-electron chi connectivity index (χ3n) is 2.49. The first kappa shape index (κ1) is 12.4. The Labute approximate surface area is 95.8 Å². The fraction of sp³-hybridized carbons (Fsp3) is 0.417.